The molecular weight excluding hydrogens is 273 g/mol. The summed E-state index contributed by atoms with van der Waals surface area (Å²) in [6.45, 7) is 2.54. The van der Waals surface area contributed by atoms with Gasteiger partial charge in [-0.1, -0.05) is 6.07 Å². The van der Waals surface area contributed by atoms with Gasteiger partial charge in [0.25, 0.3) is 0 Å². The lowest BCUT2D eigenvalue weighted by Crippen LogP contribution is -2.15. The first-order valence-corrected chi connectivity index (χ1v) is 6.17. The molecule has 0 heterocycles. The van der Waals surface area contributed by atoms with Crippen molar-refractivity contribution in [1.29, 1.82) is 0 Å². The maximum atomic E-state index is 12.9. The Morgan fingerprint density at radius 1 is 1.38 bits per heavy atom. The third-order valence-corrected chi connectivity index (χ3v) is 2.87. The molecule has 0 radical (unpaired) electrons. The van der Waals surface area contributed by atoms with Crippen LogP contribution in [0, 0.1) is 5.82 Å². The molecule has 0 aliphatic rings. The van der Waals surface area contributed by atoms with Crippen LogP contribution in [0.4, 0.5) is 4.39 Å². The van der Waals surface area contributed by atoms with E-state index in [0.717, 1.165) is 38.1 Å². The fourth-order valence-electron chi connectivity index (χ4n) is 1.38. The van der Waals surface area contributed by atoms with E-state index in [1.807, 2.05) is 0 Å². The molecule has 0 fully saturated rings. The predicted octanol–water partition coefficient (Wildman–Crippen LogP) is 3.10. The summed E-state index contributed by atoms with van der Waals surface area (Å²) in [4.78, 5) is 0. The highest BCUT2D eigenvalue weighted by molar-refractivity contribution is 9.10. The van der Waals surface area contributed by atoms with Crippen LogP contribution in [-0.4, -0.2) is 20.3 Å². The predicted molar refractivity (Wildman–Crippen MR) is 66.9 cm³/mol. The molecule has 1 rings (SSSR count). The van der Waals surface area contributed by atoms with Gasteiger partial charge in [0.2, 0.25) is 0 Å². The lowest BCUT2D eigenvalue weighted by atomic mass is 10.2. The molecule has 0 aliphatic heterocycles. The molecular formula is C12H17BrFNO. The number of benzene rings is 1. The van der Waals surface area contributed by atoms with Crippen molar-refractivity contribution in [1.82, 2.24) is 5.32 Å². The van der Waals surface area contributed by atoms with Gasteiger partial charge >= 0.3 is 0 Å². The van der Waals surface area contributed by atoms with Crippen molar-refractivity contribution in [2.24, 2.45) is 0 Å². The Balaban J connectivity index is 2.19. The third-order valence-electron chi connectivity index (χ3n) is 2.27. The van der Waals surface area contributed by atoms with E-state index < -0.39 is 0 Å². The molecule has 90 valence electrons. The molecule has 0 unspecified atom stereocenters. The molecule has 2 nitrogen and oxygen atoms in total. The maximum absolute atomic E-state index is 12.9. The highest BCUT2D eigenvalue weighted by Gasteiger charge is 1.99. The molecule has 4 heteroatoms. The molecule has 16 heavy (non-hydrogen) atoms. The number of methoxy groups -OCH3 is 1. The normalized spacial score (nSPS) is 10.7. The Labute approximate surface area is 104 Å². The lowest BCUT2D eigenvalue weighted by Gasteiger charge is -2.05. The topological polar surface area (TPSA) is 21.3 Å². The first-order chi connectivity index (χ1) is 7.74. The SMILES string of the molecule is COCCCCNCc1ccc(F)c(Br)c1. The number of rotatable bonds is 7. The smallest absolute Gasteiger partial charge is 0.137 e. The number of hydrogen-bond acceptors (Lipinski definition) is 2. The molecule has 0 saturated heterocycles. The average molecular weight is 290 g/mol. The zero-order valence-corrected chi connectivity index (χ0v) is 11.0. The van der Waals surface area contributed by atoms with Crippen molar-refractivity contribution < 1.29 is 9.13 Å². The minimum atomic E-state index is -0.219. The van der Waals surface area contributed by atoms with E-state index in [0.29, 0.717) is 4.47 Å². The number of halogens is 2. The molecule has 0 atom stereocenters. The summed E-state index contributed by atoms with van der Waals surface area (Å²) in [5.41, 5.74) is 1.08. The summed E-state index contributed by atoms with van der Waals surface area (Å²) in [6, 6.07) is 5.08. The maximum Gasteiger partial charge on any atom is 0.137 e. The molecule has 0 spiro atoms. The molecule has 1 N–H and O–H groups in total. The van der Waals surface area contributed by atoms with Crippen LogP contribution in [-0.2, 0) is 11.3 Å². The van der Waals surface area contributed by atoms with Gasteiger partial charge < -0.3 is 10.1 Å². The lowest BCUT2D eigenvalue weighted by molar-refractivity contribution is 0.192. The Kier molecular flexibility index (Phi) is 6.61. The van der Waals surface area contributed by atoms with Crippen molar-refractivity contribution in [3.05, 3.63) is 34.1 Å². The van der Waals surface area contributed by atoms with Crippen molar-refractivity contribution >= 4 is 15.9 Å². The van der Waals surface area contributed by atoms with Gasteiger partial charge in [0.05, 0.1) is 4.47 Å². The van der Waals surface area contributed by atoms with Gasteiger partial charge in [-0.15, -0.1) is 0 Å². The standard InChI is InChI=1S/C12H17BrFNO/c1-16-7-3-2-6-15-9-10-4-5-12(14)11(13)8-10/h4-5,8,15H,2-3,6-7,9H2,1H3. The van der Waals surface area contributed by atoms with Crippen molar-refractivity contribution in [2.75, 3.05) is 20.3 Å². The zero-order chi connectivity index (χ0) is 11.8. The Hall–Kier alpha value is -0.450. The van der Waals surface area contributed by atoms with Crippen LogP contribution in [0.15, 0.2) is 22.7 Å². The summed E-state index contributed by atoms with van der Waals surface area (Å²) >= 11 is 3.17. The second-order valence-corrected chi connectivity index (χ2v) is 4.48. The van der Waals surface area contributed by atoms with Crippen LogP contribution in [0.1, 0.15) is 18.4 Å². The van der Waals surface area contributed by atoms with E-state index in [1.165, 1.54) is 6.07 Å². The monoisotopic (exact) mass is 289 g/mol. The summed E-state index contributed by atoms with van der Waals surface area (Å²) in [5, 5.41) is 3.31. The van der Waals surface area contributed by atoms with Gasteiger partial charge in [-0.3, -0.25) is 0 Å². The van der Waals surface area contributed by atoms with E-state index in [9.17, 15) is 4.39 Å². The van der Waals surface area contributed by atoms with E-state index in [2.05, 4.69) is 21.2 Å². The second-order valence-electron chi connectivity index (χ2n) is 3.63. The van der Waals surface area contributed by atoms with Crippen LogP contribution >= 0.6 is 15.9 Å². The largest absolute Gasteiger partial charge is 0.385 e. The second kappa shape index (κ2) is 7.76. The zero-order valence-electron chi connectivity index (χ0n) is 9.43. The van der Waals surface area contributed by atoms with Gasteiger partial charge in [0.1, 0.15) is 5.82 Å². The first kappa shape index (κ1) is 13.6. The molecule has 0 saturated carbocycles. The van der Waals surface area contributed by atoms with Crippen LogP contribution in [0.25, 0.3) is 0 Å². The highest BCUT2D eigenvalue weighted by Crippen LogP contribution is 2.16. The number of nitrogens with one attached hydrogen (secondary N) is 1. The van der Waals surface area contributed by atoms with Crippen LogP contribution in [0.5, 0.6) is 0 Å². The van der Waals surface area contributed by atoms with Gasteiger partial charge in [0.15, 0.2) is 0 Å². The molecule has 0 bridgehead atoms. The van der Waals surface area contributed by atoms with E-state index in [1.54, 1.807) is 19.2 Å². The summed E-state index contributed by atoms with van der Waals surface area (Å²) < 4.78 is 18.4. The van der Waals surface area contributed by atoms with Crippen molar-refractivity contribution in [3.63, 3.8) is 0 Å². The summed E-state index contributed by atoms with van der Waals surface area (Å²) in [7, 11) is 1.71. The molecule has 1 aromatic carbocycles. The molecule has 0 aromatic heterocycles. The molecule has 1 aromatic rings. The van der Waals surface area contributed by atoms with Crippen LogP contribution in [0.2, 0.25) is 0 Å². The number of hydrogen-bond donors (Lipinski definition) is 1. The summed E-state index contributed by atoms with van der Waals surface area (Å²) in [6.07, 6.45) is 2.16. The minimum Gasteiger partial charge on any atom is -0.385 e. The fraction of sp³-hybridized carbons (Fsp3) is 0.500. The fourth-order valence-corrected chi connectivity index (χ4v) is 1.80. The quantitative estimate of drug-likeness (QED) is 0.779. The first-order valence-electron chi connectivity index (χ1n) is 5.37. The van der Waals surface area contributed by atoms with Gasteiger partial charge in [0, 0.05) is 20.3 Å². The van der Waals surface area contributed by atoms with Crippen LogP contribution in [0.3, 0.4) is 0 Å². The molecule has 0 aliphatic carbocycles. The average Bonchev–Trinajstić information content (AvgIpc) is 2.28. The van der Waals surface area contributed by atoms with Gasteiger partial charge in [-0.2, -0.15) is 0 Å². The van der Waals surface area contributed by atoms with Crippen molar-refractivity contribution in [2.45, 2.75) is 19.4 Å². The van der Waals surface area contributed by atoms with E-state index >= 15 is 0 Å². The van der Waals surface area contributed by atoms with Gasteiger partial charge in [-0.25, -0.2) is 4.39 Å². The van der Waals surface area contributed by atoms with Gasteiger partial charge in [-0.05, 0) is 53.0 Å². The minimum absolute atomic E-state index is 0.219. The number of unbranched alkanes of at least 4 members (excludes halogenated alkanes) is 1. The Bertz CT molecular complexity index is 320. The Morgan fingerprint density at radius 2 is 2.19 bits per heavy atom. The van der Waals surface area contributed by atoms with E-state index in [-0.39, 0.29) is 5.82 Å². The highest BCUT2D eigenvalue weighted by atomic mass is 79.9. The third kappa shape index (κ3) is 5.05. The van der Waals surface area contributed by atoms with Crippen molar-refractivity contribution in [3.8, 4) is 0 Å². The number of ether oxygens (including phenoxy) is 1. The summed E-state index contributed by atoms with van der Waals surface area (Å²) in [5.74, 6) is -0.219. The molecule has 0 amide bonds. The van der Waals surface area contributed by atoms with Crippen LogP contribution < -0.4 is 5.32 Å². The van der Waals surface area contributed by atoms with E-state index in [4.69, 9.17) is 4.74 Å². The Morgan fingerprint density at radius 3 is 2.88 bits per heavy atom.